The van der Waals surface area contributed by atoms with E-state index in [1.165, 1.54) is 12.1 Å². The summed E-state index contributed by atoms with van der Waals surface area (Å²) in [5.41, 5.74) is 0.981. The van der Waals surface area contributed by atoms with Crippen LogP contribution in [-0.2, 0) is 11.3 Å². The van der Waals surface area contributed by atoms with Gasteiger partial charge in [-0.05, 0) is 30.0 Å². The Morgan fingerprint density at radius 1 is 1.28 bits per heavy atom. The number of halogens is 1. The highest BCUT2D eigenvalue weighted by molar-refractivity contribution is 5.79. The van der Waals surface area contributed by atoms with Crippen molar-refractivity contribution in [2.75, 3.05) is 6.54 Å². The van der Waals surface area contributed by atoms with Crippen LogP contribution in [0.2, 0.25) is 0 Å². The largest absolute Gasteiger partial charge is 0.312 e. The zero-order chi connectivity index (χ0) is 13.8. The van der Waals surface area contributed by atoms with Crippen LogP contribution in [-0.4, -0.2) is 12.3 Å². The molecule has 0 fully saturated rings. The summed E-state index contributed by atoms with van der Waals surface area (Å²) in [6.07, 6.45) is 0. The van der Waals surface area contributed by atoms with Crippen LogP contribution in [0.25, 0.3) is 0 Å². The van der Waals surface area contributed by atoms with Gasteiger partial charge in [-0.15, -0.1) is 0 Å². The molecule has 18 heavy (non-hydrogen) atoms. The maximum Gasteiger partial charge on any atom is 0.134 e. The van der Waals surface area contributed by atoms with Crippen molar-refractivity contribution in [3.63, 3.8) is 0 Å². The third-order valence-corrected chi connectivity index (χ3v) is 3.13. The highest BCUT2D eigenvalue weighted by Gasteiger charge is 2.27. The molecule has 0 aromatic heterocycles. The Kier molecular flexibility index (Phi) is 5.03. The third kappa shape index (κ3) is 4.57. The lowest BCUT2D eigenvalue weighted by atomic mass is 9.78. The first-order chi connectivity index (χ1) is 8.30. The minimum Gasteiger partial charge on any atom is -0.312 e. The van der Waals surface area contributed by atoms with Gasteiger partial charge >= 0.3 is 0 Å². The number of carbonyl (C=O) groups is 1. The minimum absolute atomic E-state index is 0.00190. The Bertz CT molecular complexity index is 392. The molecule has 0 spiro atoms. The molecule has 1 aromatic carbocycles. The summed E-state index contributed by atoms with van der Waals surface area (Å²) < 4.78 is 12.7. The zero-order valence-corrected chi connectivity index (χ0v) is 11.6. The highest BCUT2D eigenvalue weighted by atomic mass is 19.1. The topological polar surface area (TPSA) is 29.1 Å². The van der Waals surface area contributed by atoms with Crippen LogP contribution in [0.4, 0.5) is 4.39 Å². The van der Waals surface area contributed by atoms with E-state index in [0.717, 1.165) is 5.56 Å². The normalized spacial score (nSPS) is 13.4. The second-order valence-corrected chi connectivity index (χ2v) is 5.79. The molecule has 1 unspecified atom stereocenters. The molecule has 0 aliphatic rings. The van der Waals surface area contributed by atoms with Crippen molar-refractivity contribution in [3.05, 3.63) is 35.6 Å². The van der Waals surface area contributed by atoms with E-state index in [0.29, 0.717) is 13.1 Å². The average Bonchev–Trinajstić information content (AvgIpc) is 2.24. The number of carbonyl (C=O) groups excluding carboxylic acids is 1. The monoisotopic (exact) mass is 251 g/mol. The molecule has 0 heterocycles. The average molecular weight is 251 g/mol. The molecule has 0 saturated carbocycles. The van der Waals surface area contributed by atoms with E-state index in [9.17, 15) is 9.18 Å². The smallest absolute Gasteiger partial charge is 0.134 e. The molecule has 3 heteroatoms. The Morgan fingerprint density at radius 3 is 2.28 bits per heavy atom. The first kappa shape index (κ1) is 14.8. The van der Waals surface area contributed by atoms with Gasteiger partial charge in [0, 0.05) is 19.0 Å². The van der Waals surface area contributed by atoms with Crippen LogP contribution >= 0.6 is 0 Å². The molecule has 1 atom stereocenters. The van der Waals surface area contributed by atoms with Gasteiger partial charge in [-0.25, -0.2) is 4.39 Å². The van der Waals surface area contributed by atoms with Gasteiger partial charge < -0.3 is 5.32 Å². The van der Waals surface area contributed by atoms with E-state index in [2.05, 4.69) is 26.1 Å². The first-order valence-corrected chi connectivity index (χ1v) is 6.26. The van der Waals surface area contributed by atoms with Crippen molar-refractivity contribution < 1.29 is 9.18 Å². The lowest BCUT2D eigenvalue weighted by Crippen LogP contribution is -2.36. The molecular formula is C15H22FNO. The third-order valence-electron chi connectivity index (χ3n) is 3.13. The van der Waals surface area contributed by atoms with Gasteiger partial charge in [0.15, 0.2) is 0 Å². The van der Waals surface area contributed by atoms with Crippen molar-refractivity contribution >= 4 is 5.78 Å². The van der Waals surface area contributed by atoms with Crippen LogP contribution in [0.5, 0.6) is 0 Å². The Labute approximate surface area is 109 Å². The van der Waals surface area contributed by atoms with Crippen LogP contribution < -0.4 is 5.32 Å². The molecule has 100 valence electrons. The second-order valence-electron chi connectivity index (χ2n) is 5.79. The summed E-state index contributed by atoms with van der Waals surface area (Å²) in [7, 11) is 0. The van der Waals surface area contributed by atoms with E-state index in [1.807, 2.05) is 0 Å². The van der Waals surface area contributed by atoms with Gasteiger partial charge in [-0.3, -0.25) is 4.79 Å². The van der Waals surface area contributed by atoms with Gasteiger partial charge in [0.1, 0.15) is 11.6 Å². The van der Waals surface area contributed by atoms with Crippen LogP contribution in [0.15, 0.2) is 24.3 Å². The molecule has 0 saturated heterocycles. The number of nitrogens with one attached hydrogen (secondary N) is 1. The van der Waals surface area contributed by atoms with E-state index in [-0.39, 0.29) is 22.9 Å². The zero-order valence-electron chi connectivity index (χ0n) is 11.6. The SMILES string of the molecule is CC(=O)C(CNCc1ccc(F)cc1)C(C)(C)C. The minimum atomic E-state index is -0.227. The van der Waals surface area contributed by atoms with Gasteiger partial charge in [0.2, 0.25) is 0 Å². The van der Waals surface area contributed by atoms with Gasteiger partial charge in [-0.2, -0.15) is 0 Å². The summed E-state index contributed by atoms with van der Waals surface area (Å²) >= 11 is 0. The van der Waals surface area contributed by atoms with Crippen molar-refractivity contribution in [1.29, 1.82) is 0 Å². The van der Waals surface area contributed by atoms with Crippen LogP contribution in [0, 0.1) is 17.2 Å². The van der Waals surface area contributed by atoms with E-state index in [4.69, 9.17) is 0 Å². The molecule has 1 N–H and O–H groups in total. The van der Waals surface area contributed by atoms with E-state index >= 15 is 0 Å². The number of benzene rings is 1. The number of rotatable bonds is 5. The quantitative estimate of drug-likeness (QED) is 0.871. The summed E-state index contributed by atoms with van der Waals surface area (Å²) in [4.78, 5) is 11.6. The lowest BCUT2D eigenvalue weighted by molar-refractivity contribution is -0.123. The van der Waals surface area contributed by atoms with Crippen molar-refractivity contribution in [3.8, 4) is 0 Å². The summed E-state index contributed by atoms with van der Waals surface area (Å²) in [5, 5.41) is 3.27. The Hall–Kier alpha value is -1.22. The predicted molar refractivity (Wildman–Crippen MR) is 71.7 cm³/mol. The molecule has 0 aliphatic carbocycles. The maximum absolute atomic E-state index is 12.7. The fraction of sp³-hybridized carbons (Fsp3) is 0.533. The van der Waals surface area contributed by atoms with Crippen LogP contribution in [0.3, 0.4) is 0 Å². The number of ketones is 1. The Morgan fingerprint density at radius 2 is 1.83 bits per heavy atom. The predicted octanol–water partition coefficient (Wildman–Crippen LogP) is 3.17. The lowest BCUT2D eigenvalue weighted by Gasteiger charge is -2.28. The first-order valence-electron chi connectivity index (χ1n) is 6.26. The molecule has 0 bridgehead atoms. The number of hydrogen-bond donors (Lipinski definition) is 1. The summed E-state index contributed by atoms with van der Waals surface area (Å²) in [6.45, 7) is 9.14. The van der Waals surface area contributed by atoms with Gasteiger partial charge in [0.05, 0.1) is 0 Å². The fourth-order valence-electron chi connectivity index (χ4n) is 2.02. The highest BCUT2D eigenvalue weighted by Crippen LogP contribution is 2.26. The fourth-order valence-corrected chi connectivity index (χ4v) is 2.02. The van der Waals surface area contributed by atoms with Crippen LogP contribution in [0.1, 0.15) is 33.3 Å². The van der Waals surface area contributed by atoms with E-state index < -0.39 is 0 Å². The molecule has 0 radical (unpaired) electrons. The summed E-state index contributed by atoms with van der Waals surface area (Å²) in [5.74, 6) is -0.0258. The number of hydrogen-bond acceptors (Lipinski definition) is 2. The van der Waals surface area contributed by atoms with E-state index in [1.54, 1.807) is 19.1 Å². The maximum atomic E-state index is 12.7. The molecular weight excluding hydrogens is 229 g/mol. The molecule has 2 nitrogen and oxygen atoms in total. The molecule has 0 amide bonds. The molecule has 1 aromatic rings. The Balaban J connectivity index is 2.49. The molecule has 1 rings (SSSR count). The van der Waals surface area contributed by atoms with Gasteiger partial charge in [-0.1, -0.05) is 32.9 Å². The summed E-state index contributed by atoms with van der Waals surface area (Å²) in [6, 6.07) is 6.40. The van der Waals surface area contributed by atoms with Crippen molar-refractivity contribution in [2.45, 2.75) is 34.2 Å². The van der Waals surface area contributed by atoms with Gasteiger partial charge in [0.25, 0.3) is 0 Å². The van der Waals surface area contributed by atoms with Crippen molar-refractivity contribution in [1.82, 2.24) is 5.32 Å². The second kappa shape index (κ2) is 6.10. The standard InChI is InChI=1S/C15H22FNO/c1-11(18)14(15(2,3)4)10-17-9-12-5-7-13(16)8-6-12/h5-8,14,17H,9-10H2,1-4H3. The van der Waals surface area contributed by atoms with Crippen molar-refractivity contribution in [2.24, 2.45) is 11.3 Å². The number of Topliss-reactive ketones (excluding diaryl/α,β-unsaturated/α-hetero) is 1. The molecule has 0 aliphatic heterocycles.